The molecule has 0 aliphatic rings. The van der Waals surface area contributed by atoms with E-state index in [-0.39, 0.29) is 11.4 Å². The number of carboxylic acids is 1. The summed E-state index contributed by atoms with van der Waals surface area (Å²) in [6, 6.07) is 7.56. The van der Waals surface area contributed by atoms with Crippen LogP contribution in [-0.4, -0.2) is 23.1 Å². The lowest BCUT2D eigenvalue weighted by atomic mass is 10.2. The van der Waals surface area contributed by atoms with Crippen molar-refractivity contribution >= 4 is 17.3 Å². The van der Waals surface area contributed by atoms with Gasteiger partial charge in [0.15, 0.2) is 5.69 Å². The van der Waals surface area contributed by atoms with Crippen molar-refractivity contribution in [3.05, 3.63) is 47.1 Å². The van der Waals surface area contributed by atoms with Crippen LogP contribution < -0.4 is 10.1 Å². The molecule has 1 aromatic heterocycles. The largest absolute Gasteiger partial charge is 0.477 e. The second kappa shape index (κ2) is 5.79. The summed E-state index contributed by atoms with van der Waals surface area (Å²) < 4.78 is 5.48. The summed E-state index contributed by atoms with van der Waals surface area (Å²) in [4.78, 5) is 25.2. The zero-order valence-corrected chi connectivity index (χ0v) is 10.5. The predicted octanol–water partition coefficient (Wildman–Crippen LogP) is 3.01. The summed E-state index contributed by atoms with van der Waals surface area (Å²) in [6.07, 6.45) is 1.33. The maximum absolute atomic E-state index is 10.8. The van der Waals surface area contributed by atoms with Gasteiger partial charge in [-0.25, -0.2) is 9.78 Å². The number of benzene rings is 1. The standard InChI is InChI=1S/C13H11N3O4/c1-14-10-3-2-8(6-11(10)16-19)20-9-4-5-15-12(7-9)13(17)18/h2-7,14H,1H3,(H,17,18). The van der Waals surface area contributed by atoms with Gasteiger partial charge in [0, 0.05) is 25.4 Å². The van der Waals surface area contributed by atoms with E-state index in [0.29, 0.717) is 17.2 Å². The fourth-order valence-electron chi connectivity index (χ4n) is 1.59. The molecule has 0 aliphatic carbocycles. The number of hydrogen-bond donors (Lipinski definition) is 2. The molecule has 1 aromatic carbocycles. The molecule has 0 atom stereocenters. The quantitative estimate of drug-likeness (QED) is 0.812. The number of hydrogen-bond acceptors (Lipinski definition) is 6. The Bertz CT molecular complexity index is 658. The molecule has 0 amide bonds. The summed E-state index contributed by atoms with van der Waals surface area (Å²) in [5.41, 5.74) is 0.661. The number of nitrogens with one attached hydrogen (secondary N) is 1. The van der Waals surface area contributed by atoms with Gasteiger partial charge in [-0.3, -0.25) is 0 Å². The zero-order chi connectivity index (χ0) is 14.5. The maximum Gasteiger partial charge on any atom is 0.354 e. The van der Waals surface area contributed by atoms with Crippen LogP contribution in [0.15, 0.2) is 41.7 Å². The van der Waals surface area contributed by atoms with E-state index in [1.54, 1.807) is 19.2 Å². The highest BCUT2D eigenvalue weighted by molar-refractivity contribution is 5.85. The highest BCUT2D eigenvalue weighted by atomic mass is 16.5. The molecule has 2 N–H and O–H groups in total. The third kappa shape index (κ3) is 2.89. The van der Waals surface area contributed by atoms with E-state index in [0.717, 1.165) is 0 Å². The van der Waals surface area contributed by atoms with Crippen molar-refractivity contribution in [3.8, 4) is 11.5 Å². The van der Waals surface area contributed by atoms with Crippen molar-refractivity contribution in [1.29, 1.82) is 0 Å². The topological polar surface area (TPSA) is 101 Å². The van der Waals surface area contributed by atoms with Crippen molar-refractivity contribution in [2.45, 2.75) is 0 Å². The Labute approximate surface area is 114 Å². The Hall–Kier alpha value is -2.96. The van der Waals surface area contributed by atoms with E-state index >= 15 is 0 Å². The van der Waals surface area contributed by atoms with Gasteiger partial charge in [-0.05, 0) is 23.4 Å². The van der Waals surface area contributed by atoms with Crippen molar-refractivity contribution < 1.29 is 14.6 Å². The minimum atomic E-state index is -1.14. The average Bonchev–Trinajstić information content (AvgIpc) is 2.47. The molecule has 0 aliphatic heterocycles. The third-order valence-corrected chi connectivity index (χ3v) is 2.52. The van der Waals surface area contributed by atoms with Gasteiger partial charge in [-0.15, -0.1) is 4.91 Å². The number of ether oxygens (including phenoxy) is 1. The Morgan fingerprint density at radius 1 is 1.30 bits per heavy atom. The second-order valence-electron chi connectivity index (χ2n) is 3.80. The number of nitroso groups, excluding NO2 is 1. The number of rotatable bonds is 5. The molecule has 2 aromatic rings. The van der Waals surface area contributed by atoms with E-state index in [1.165, 1.54) is 24.4 Å². The summed E-state index contributed by atoms with van der Waals surface area (Å²) in [7, 11) is 1.67. The maximum atomic E-state index is 10.8. The summed E-state index contributed by atoms with van der Waals surface area (Å²) in [5, 5.41) is 14.6. The molecule has 0 unspecified atom stereocenters. The van der Waals surface area contributed by atoms with Crippen LogP contribution >= 0.6 is 0 Å². The van der Waals surface area contributed by atoms with Gasteiger partial charge >= 0.3 is 5.97 Å². The van der Waals surface area contributed by atoms with E-state index in [9.17, 15) is 9.70 Å². The number of aromatic carboxylic acids is 1. The summed E-state index contributed by atoms with van der Waals surface area (Å²) in [6.45, 7) is 0. The Morgan fingerprint density at radius 2 is 2.05 bits per heavy atom. The van der Waals surface area contributed by atoms with Crippen LogP contribution in [0.1, 0.15) is 10.5 Å². The predicted molar refractivity (Wildman–Crippen MR) is 72.7 cm³/mol. The minimum absolute atomic E-state index is 0.122. The van der Waals surface area contributed by atoms with Gasteiger partial charge in [-0.1, -0.05) is 0 Å². The summed E-state index contributed by atoms with van der Waals surface area (Å²) in [5.74, 6) is -0.455. The molecular weight excluding hydrogens is 262 g/mol. The fraction of sp³-hybridized carbons (Fsp3) is 0.0769. The Balaban J connectivity index is 2.28. The first kappa shape index (κ1) is 13.5. The number of nitrogens with zero attached hydrogens (tertiary/aromatic N) is 2. The van der Waals surface area contributed by atoms with E-state index in [2.05, 4.69) is 15.5 Å². The number of pyridine rings is 1. The Morgan fingerprint density at radius 3 is 2.70 bits per heavy atom. The normalized spacial score (nSPS) is 9.85. The lowest BCUT2D eigenvalue weighted by Gasteiger charge is -2.08. The molecule has 0 fully saturated rings. The molecule has 1 heterocycles. The van der Waals surface area contributed by atoms with Gasteiger partial charge in [-0.2, -0.15) is 0 Å². The summed E-state index contributed by atoms with van der Waals surface area (Å²) >= 11 is 0. The van der Waals surface area contributed by atoms with Crippen LogP contribution in [0.3, 0.4) is 0 Å². The zero-order valence-electron chi connectivity index (χ0n) is 10.5. The van der Waals surface area contributed by atoms with Crippen molar-refractivity contribution in [3.63, 3.8) is 0 Å². The average molecular weight is 273 g/mol. The van der Waals surface area contributed by atoms with Crippen molar-refractivity contribution in [1.82, 2.24) is 4.98 Å². The van der Waals surface area contributed by atoms with Crippen LogP contribution in [0.5, 0.6) is 11.5 Å². The third-order valence-electron chi connectivity index (χ3n) is 2.52. The number of anilines is 1. The first-order valence-corrected chi connectivity index (χ1v) is 5.66. The van der Waals surface area contributed by atoms with Crippen LogP contribution in [0.4, 0.5) is 11.4 Å². The van der Waals surface area contributed by atoms with Crippen LogP contribution in [0.2, 0.25) is 0 Å². The molecule has 0 spiro atoms. The molecule has 0 radical (unpaired) electrons. The number of aromatic nitrogens is 1. The van der Waals surface area contributed by atoms with Crippen LogP contribution in [-0.2, 0) is 0 Å². The van der Waals surface area contributed by atoms with Gasteiger partial charge < -0.3 is 15.2 Å². The SMILES string of the molecule is CNc1ccc(Oc2ccnc(C(=O)O)c2)cc1N=O. The van der Waals surface area contributed by atoms with Gasteiger partial charge in [0.25, 0.3) is 0 Å². The molecule has 0 saturated heterocycles. The molecule has 7 nitrogen and oxygen atoms in total. The van der Waals surface area contributed by atoms with Crippen LogP contribution in [0.25, 0.3) is 0 Å². The van der Waals surface area contributed by atoms with E-state index in [4.69, 9.17) is 9.84 Å². The molecule has 2 rings (SSSR count). The highest BCUT2D eigenvalue weighted by Gasteiger charge is 2.08. The van der Waals surface area contributed by atoms with Gasteiger partial charge in [0.2, 0.25) is 0 Å². The minimum Gasteiger partial charge on any atom is -0.477 e. The van der Waals surface area contributed by atoms with E-state index in [1.807, 2.05) is 0 Å². The molecule has 7 heteroatoms. The molecule has 0 bridgehead atoms. The van der Waals surface area contributed by atoms with Crippen molar-refractivity contribution in [2.75, 3.05) is 12.4 Å². The fourth-order valence-corrected chi connectivity index (χ4v) is 1.59. The number of carboxylic acid groups (broad SMARTS) is 1. The molecule has 20 heavy (non-hydrogen) atoms. The number of carbonyl (C=O) groups is 1. The van der Waals surface area contributed by atoms with Gasteiger partial charge in [0.05, 0.1) is 5.69 Å². The first-order chi connectivity index (χ1) is 9.63. The molecule has 0 saturated carbocycles. The van der Waals surface area contributed by atoms with Crippen LogP contribution in [0, 0.1) is 4.91 Å². The highest BCUT2D eigenvalue weighted by Crippen LogP contribution is 2.31. The van der Waals surface area contributed by atoms with Crippen molar-refractivity contribution in [2.24, 2.45) is 5.18 Å². The monoisotopic (exact) mass is 273 g/mol. The smallest absolute Gasteiger partial charge is 0.354 e. The first-order valence-electron chi connectivity index (χ1n) is 5.66. The molecular formula is C13H11N3O4. The van der Waals surface area contributed by atoms with Gasteiger partial charge in [0.1, 0.15) is 17.2 Å². The lowest BCUT2D eigenvalue weighted by Crippen LogP contribution is -1.99. The lowest BCUT2D eigenvalue weighted by molar-refractivity contribution is 0.0690. The second-order valence-corrected chi connectivity index (χ2v) is 3.80. The molecule has 102 valence electrons. The van der Waals surface area contributed by atoms with E-state index < -0.39 is 5.97 Å². The Kier molecular flexibility index (Phi) is 3.90.